The molecule has 0 unspecified atom stereocenters. The van der Waals surface area contributed by atoms with E-state index in [1.807, 2.05) is 4.90 Å². The highest BCUT2D eigenvalue weighted by atomic mass is 32.1. The predicted octanol–water partition coefficient (Wildman–Crippen LogP) is 2.27. The van der Waals surface area contributed by atoms with Crippen LogP contribution in [0.3, 0.4) is 0 Å². The lowest BCUT2D eigenvalue weighted by molar-refractivity contribution is -0.132. The Hall–Kier alpha value is -0.440. The number of carbonyl (C=O) groups is 1. The molecule has 0 aromatic heterocycles. The van der Waals surface area contributed by atoms with E-state index in [4.69, 9.17) is 0 Å². The first-order valence-corrected chi connectivity index (χ1v) is 6.33. The van der Waals surface area contributed by atoms with Crippen LogP contribution in [0.2, 0.25) is 0 Å². The van der Waals surface area contributed by atoms with Crippen molar-refractivity contribution in [1.29, 1.82) is 0 Å². The van der Waals surface area contributed by atoms with E-state index in [1.54, 1.807) is 0 Å². The van der Waals surface area contributed by atoms with Gasteiger partial charge in [0.25, 0.3) is 0 Å². The Morgan fingerprint density at radius 1 is 1.60 bits per heavy atom. The predicted molar refractivity (Wildman–Crippen MR) is 65.1 cm³/mol. The molecule has 1 saturated carbocycles. The SMILES string of the molecule is CC1=CCN(C(=O)CC2(CS)CC2)CC1. The van der Waals surface area contributed by atoms with E-state index in [2.05, 4.69) is 25.6 Å². The lowest BCUT2D eigenvalue weighted by atomic mass is 10.0. The summed E-state index contributed by atoms with van der Waals surface area (Å²) < 4.78 is 0. The summed E-state index contributed by atoms with van der Waals surface area (Å²) in [7, 11) is 0. The molecule has 84 valence electrons. The molecule has 1 fully saturated rings. The molecule has 15 heavy (non-hydrogen) atoms. The average Bonchev–Trinajstić information content (AvgIpc) is 2.99. The van der Waals surface area contributed by atoms with Gasteiger partial charge in [0, 0.05) is 19.5 Å². The largest absolute Gasteiger partial charge is 0.339 e. The van der Waals surface area contributed by atoms with Gasteiger partial charge in [-0.15, -0.1) is 0 Å². The maximum Gasteiger partial charge on any atom is 0.223 e. The van der Waals surface area contributed by atoms with Gasteiger partial charge in [0.15, 0.2) is 0 Å². The number of thiol groups is 1. The molecule has 1 heterocycles. The smallest absolute Gasteiger partial charge is 0.223 e. The van der Waals surface area contributed by atoms with Gasteiger partial charge in [-0.2, -0.15) is 12.6 Å². The molecule has 2 aliphatic rings. The molecule has 1 aliphatic heterocycles. The number of carbonyl (C=O) groups excluding carboxylic acids is 1. The summed E-state index contributed by atoms with van der Waals surface area (Å²) in [5.74, 6) is 1.19. The maximum atomic E-state index is 12.0. The van der Waals surface area contributed by atoms with Crippen molar-refractivity contribution in [1.82, 2.24) is 4.90 Å². The summed E-state index contributed by atoms with van der Waals surface area (Å²) in [6.45, 7) is 3.86. The van der Waals surface area contributed by atoms with Crippen LogP contribution in [0.1, 0.15) is 32.6 Å². The Balaban J connectivity index is 1.87. The highest BCUT2D eigenvalue weighted by molar-refractivity contribution is 7.80. The summed E-state index contributed by atoms with van der Waals surface area (Å²) in [6, 6.07) is 0. The van der Waals surface area contributed by atoms with Crippen molar-refractivity contribution >= 4 is 18.5 Å². The van der Waals surface area contributed by atoms with Crippen molar-refractivity contribution in [2.24, 2.45) is 5.41 Å². The standard InChI is InChI=1S/C12H19NOS/c1-10-2-6-13(7-3-10)11(14)8-12(9-15)4-5-12/h2,15H,3-9H2,1H3. The second kappa shape index (κ2) is 4.20. The van der Waals surface area contributed by atoms with Crippen molar-refractivity contribution < 1.29 is 4.79 Å². The lowest BCUT2D eigenvalue weighted by Crippen LogP contribution is -2.36. The van der Waals surface area contributed by atoms with Crippen molar-refractivity contribution in [3.63, 3.8) is 0 Å². The third-order valence-electron chi connectivity index (χ3n) is 3.61. The molecule has 1 amide bonds. The Kier molecular flexibility index (Phi) is 3.10. The zero-order chi connectivity index (χ0) is 10.9. The molecule has 3 heteroatoms. The van der Waals surface area contributed by atoms with Gasteiger partial charge in [-0.05, 0) is 37.4 Å². The van der Waals surface area contributed by atoms with Crippen LogP contribution < -0.4 is 0 Å². The van der Waals surface area contributed by atoms with Gasteiger partial charge in [0.2, 0.25) is 5.91 Å². The zero-order valence-corrected chi connectivity index (χ0v) is 10.2. The van der Waals surface area contributed by atoms with Crippen LogP contribution in [-0.4, -0.2) is 29.6 Å². The number of hydrogen-bond acceptors (Lipinski definition) is 2. The molecule has 2 nitrogen and oxygen atoms in total. The third kappa shape index (κ3) is 2.57. The fourth-order valence-corrected chi connectivity index (χ4v) is 2.43. The van der Waals surface area contributed by atoms with Crippen molar-refractivity contribution in [3.05, 3.63) is 11.6 Å². The zero-order valence-electron chi connectivity index (χ0n) is 9.33. The maximum absolute atomic E-state index is 12.0. The summed E-state index contributed by atoms with van der Waals surface area (Å²) in [6.07, 6.45) is 6.29. The second-order valence-electron chi connectivity index (χ2n) is 4.98. The van der Waals surface area contributed by atoms with Gasteiger partial charge in [-0.1, -0.05) is 11.6 Å². The van der Waals surface area contributed by atoms with E-state index in [9.17, 15) is 4.79 Å². The molecular weight excluding hydrogens is 206 g/mol. The van der Waals surface area contributed by atoms with E-state index in [1.165, 1.54) is 18.4 Å². The Bertz CT molecular complexity index is 294. The van der Waals surface area contributed by atoms with Gasteiger partial charge in [-0.3, -0.25) is 4.79 Å². The lowest BCUT2D eigenvalue weighted by Gasteiger charge is -2.27. The number of nitrogens with zero attached hydrogens (tertiary/aromatic N) is 1. The highest BCUT2D eigenvalue weighted by Crippen LogP contribution is 2.49. The minimum absolute atomic E-state index is 0.260. The molecule has 0 saturated heterocycles. The normalized spacial score (nSPS) is 23.6. The summed E-state index contributed by atoms with van der Waals surface area (Å²) >= 11 is 4.33. The molecule has 0 bridgehead atoms. The number of hydrogen-bond donors (Lipinski definition) is 1. The van der Waals surface area contributed by atoms with Crippen LogP contribution in [-0.2, 0) is 4.79 Å². The average molecular weight is 225 g/mol. The summed E-state index contributed by atoms with van der Waals surface area (Å²) in [5, 5.41) is 0. The Labute approximate surface area is 97.1 Å². The monoisotopic (exact) mass is 225 g/mol. The Morgan fingerprint density at radius 2 is 2.33 bits per heavy atom. The van der Waals surface area contributed by atoms with Crippen LogP contribution in [0.25, 0.3) is 0 Å². The molecule has 0 aromatic carbocycles. The van der Waals surface area contributed by atoms with Crippen LogP contribution in [0.15, 0.2) is 11.6 Å². The fourth-order valence-electron chi connectivity index (χ4n) is 2.00. The summed E-state index contributed by atoms with van der Waals surface area (Å²) in [4.78, 5) is 14.0. The van der Waals surface area contributed by atoms with Crippen LogP contribution >= 0.6 is 12.6 Å². The van der Waals surface area contributed by atoms with E-state index in [0.717, 1.165) is 25.3 Å². The second-order valence-corrected chi connectivity index (χ2v) is 5.29. The van der Waals surface area contributed by atoms with Crippen molar-refractivity contribution in [2.45, 2.75) is 32.6 Å². The number of amides is 1. The minimum Gasteiger partial charge on any atom is -0.339 e. The first-order valence-electron chi connectivity index (χ1n) is 5.69. The first kappa shape index (κ1) is 11.1. The molecule has 0 atom stereocenters. The van der Waals surface area contributed by atoms with E-state index < -0.39 is 0 Å². The van der Waals surface area contributed by atoms with Crippen LogP contribution in [0.4, 0.5) is 0 Å². The summed E-state index contributed by atoms with van der Waals surface area (Å²) in [5.41, 5.74) is 1.67. The van der Waals surface area contributed by atoms with Gasteiger partial charge < -0.3 is 4.90 Å². The molecular formula is C12H19NOS. The molecule has 0 N–H and O–H groups in total. The van der Waals surface area contributed by atoms with Gasteiger partial charge in [0.1, 0.15) is 0 Å². The van der Waals surface area contributed by atoms with Crippen LogP contribution in [0.5, 0.6) is 0 Å². The number of rotatable bonds is 3. The van der Waals surface area contributed by atoms with Crippen LogP contribution in [0, 0.1) is 5.41 Å². The van der Waals surface area contributed by atoms with Crippen molar-refractivity contribution in [3.8, 4) is 0 Å². The van der Waals surface area contributed by atoms with Gasteiger partial charge >= 0.3 is 0 Å². The molecule has 0 aromatic rings. The molecule has 0 spiro atoms. The molecule has 1 aliphatic carbocycles. The molecule has 0 radical (unpaired) electrons. The third-order valence-corrected chi connectivity index (χ3v) is 4.28. The fraction of sp³-hybridized carbons (Fsp3) is 0.750. The van der Waals surface area contributed by atoms with E-state index >= 15 is 0 Å². The Morgan fingerprint density at radius 3 is 2.80 bits per heavy atom. The first-order chi connectivity index (χ1) is 7.15. The molecule has 2 rings (SSSR count). The minimum atomic E-state index is 0.260. The quantitative estimate of drug-likeness (QED) is 0.577. The van der Waals surface area contributed by atoms with E-state index in [0.29, 0.717) is 12.3 Å². The highest BCUT2D eigenvalue weighted by Gasteiger charge is 2.43. The van der Waals surface area contributed by atoms with E-state index in [-0.39, 0.29) is 5.41 Å². The van der Waals surface area contributed by atoms with Crippen molar-refractivity contribution in [2.75, 3.05) is 18.8 Å². The van der Waals surface area contributed by atoms with Gasteiger partial charge in [0.05, 0.1) is 0 Å². The van der Waals surface area contributed by atoms with Gasteiger partial charge in [-0.25, -0.2) is 0 Å². The topological polar surface area (TPSA) is 20.3 Å².